The van der Waals surface area contributed by atoms with Gasteiger partial charge in [-0.2, -0.15) is 8.42 Å². The van der Waals surface area contributed by atoms with Crippen LogP contribution in [0.25, 0.3) is 0 Å². The normalized spacial score (nSPS) is 50.3. The van der Waals surface area contributed by atoms with Crippen LogP contribution in [0.3, 0.4) is 0 Å². The van der Waals surface area contributed by atoms with E-state index >= 15 is 0 Å². The number of hydrogen-bond donors (Lipinski definition) is 23. The van der Waals surface area contributed by atoms with Crippen molar-refractivity contribution in [1.29, 1.82) is 0 Å². The Kier molecular flexibility index (Phi) is 26.7. The number of benzene rings is 1. The molecule has 30 saturated heterocycles. The molecular formula is C57H90O42S. The summed E-state index contributed by atoms with van der Waals surface area (Å²) < 4.78 is 126. The lowest BCUT2D eigenvalue weighted by Crippen LogP contribution is -2.69. The van der Waals surface area contributed by atoms with Crippen molar-refractivity contribution in [1.82, 2.24) is 0 Å². The Hall–Kier alpha value is -2.43. The smallest absolute Gasteiger partial charge is 0.297 e. The monoisotopic (exact) mass is 1480 g/mol. The van der Waals surface area contributed by atoms with E-state index in [1.807, 2.05) is 0 Å². The molecule has 23 N–H and O–H groups in total. The van der Waals surface area contributed by atoms with E-state index in [9.17, 15) is 126 Å². The fourth-order valence-corrected chi connectivity index (χ4v) is 15.0. The topological polar surface area (TPSA) is 656 Å². The first-order chi connectivity index (χ1) is 47.4. The van der Waals surface area contributed by atoms with Gasteiger partial charge in [0.2, 0.25) is 0 Å². The van der Waals surface area contributed by atoms with Gasteiger partial charge >= 0.3 is 0 Å². The summed E-state index contributed by atoms with van der Waals surface area (Å²) in [6, 6.07) is 3.06. The van der Waals surface area contributed by atoms with Crippen molar-refractivity contribution in [3.63, 3.8) is 0 Å². The minimum absolute atomic E-state index is 0.223. The predicted octanol–water partition coefficient (Wildman–Crippen LogP) is -15.1. The van der Waals surface area contributed by atoms with Crippen LogP contribution in [-0.4, -0.2) is 424 Å². The minimum atomic E-state index is -4.82. The van der Waals surface area contributed by atoms with Crippen LogP contribution in [0.2, 0.25) is 0 Å². The lowest BCUT2D eigenvalue weighted by atomic mass is 9.94. The fraction of sp³-hybridized carbons (Fsp3) is 0.895. The quantitative estimate of drug-likeness (QED) is 0.0915. The van der Waals surface area contributed by atoms with E-state index in [-0.39, 0.29) is 16.0 Å². The second-order valence-electron chi connectivity index (χ2n) is 25.7. The van der Waals surface area contributed by atoms with Crippen molar-refractivity contribution in [2.24, 2.45) is 0 Å². The van der Waals surface area contributed by atoms with Crippen molar-refractivity contribution in [2.75, 3.05) is 52.9 Å². The van der Waals surface area contributed by atoms with Gasteiger partial charge in [0, 0.05) is 0 Å². The van der Waals surface area contributed by atoms with E-state index < -0.39 is 309 Å². The second kappa shape index (κ2) is 33.4. The largest absolute Gasteiger partial charge is 0.394 e. The van der Waals surface area contributed by atoms with E-state index in [0.717, 1.165) is 0 Å². The zero-order chi connectivity index (χ0) is 73.0. The summed E-state index contributed by atoms with van der Waals surface area (Å²) in [5.74, 6) is 0. The molecule has 1 unspecified atom stereocenters. The molecular weight excluding hydrogens is 1390 g/mol. The maximum absolute atomic E-state index is 14.0. The summed E-state index contributed by atoms with van der Waals surface area (Å²) in [6.07, 6.45) is -84.9. The van der Waals surface area contributed by atoms with Crippen LogP contribution in [-0.2, 0) is 90.1 Å². The highest BCUT2D eigenvalue weighted by molar-refractivity contribution is 7.86. The number of hydrogen-bond acceptors (Lipinski definition) is 42. The van der Waals surface area contributed by atoms with Gasteiger partial charge in [0.25, 0.3) is 10.1 Å². The molecule has 43 heteroatoms. The number of aliphatic hydroxyl groups is 23. The third-order valence-electron chi connectivity index (χ3n) is 19.0. The number of ether oxygens (including phenoxy) is 16. The highest BCUT2D eigenvalue weighted by Crippen LogP contribution is 2.40. The molecule has 0 radical (unpaired) electrons. The third-order valence-corrected chi connectivity index (χ3v) is 20.5. The molecule has 30 aliphatic heterocycles. The zero-order valence-electron chi connectivity index (χ0n) is 53.4. The summed E-state index contributed by atoms with van der Waals surface area (Å²) in [5.41, 5.74) is 1.12. The average Bonchev–Trinajstić information content (AvgIpc) is 0.773. The van der Waals surface area contributed by atoms with E-state index in [1.165, 1.54) is 26.0 Å². The Morgan fingerprint density at radius 3 is 0.600 bits per heavy atom. The van der Waals surface area contributed by atoms with Crippen LogP contribution < -0.4 is 0 Å². The Morgan fingerprint density at radius 2 is 0.430 bits per heavy atom. The second-order valence-corrected chi connectivity index (χ2v) is 27.3. The highest BCUT2D eigenvalue weighted by Gasteiger charge is 2.61. The van der Waals surface area contributed by atoms with E-state index in [2.05, 4.69) is 0 Å². The van der Waals surface area contributed by atoms with E-state index in [1.54, 1.807) is 6.92 Å². The number of aryl methyl sites for hydroxylation is 3. The predicted molar refractivity (Wildman–Crippen MR) is 308 cm³/mol. The van der Waals surface area contributed by atoms with Gasteiger partial charge in [-0.25, -0.2) is 0 Å². The Bertz CT molecular complexity index is 2850. The summed E-state index contributed by atoms with van der Waals surface area (Å²) >= 11 is 0. The third kappa shape index (κ3) is 15.9. The Morgan fingerprint density at radius 1 is 0.270 bits per heavy atom. The Balaban J connectivity index is 0.944. The molecule has 40 atom stereocenters. The molecule has 30 aliphatic rings. The van der Waals surface area contributed by atoms with Gasteiger partial charge in [0.1, 0.15) is 195 Å². The molecule has 1 aromatic carbocycles. The van der Waals surface area contributed by atoms with Gasteiger partial charge in [-0.15, -0.1) is 0 Å². The molecule has 16 bridgehead atoms. The molecule has 0 aliphatic carbocycles. The number of aliphatic hydroxyl groups excluding tert-OH is 23. The van der Waals surface area contributed by atoms with Crippen molar-refractivity contribution in [3.05, 3.63) is 28.8 Å². The number of rotatable bonds is 11. The van der Waals surface area contributed by atoms with Gasteiger partial charge in [0.15, 0.2) is 50.3 Å². The molecule has 1 aromatic rings. The zero-order valence-corrected chi connectivity index (χ0v) is 54.2. The van der Waals surface area contributed by atoms with Crippen molar-refractivity contribution in [3.8, 4) is 0 Å². The summed E-state index contributed by atoms with van der Waals surface area (Å²) in [7, 11) is -4.82. The Labute approximate surface area is 567 Å². The van der Waals surface area contributed by atoms with Crippen LogP contribution in [0.1, 0.15) is 16.7 Å². The highest BCUT2D eigenvalue weighted by atomic mass is 32.2. The molecule has 0 saturated carbocycles. The van der Waals surface area contributed by atoms with Crippen molar-refractivity contribution >= 4 is 10.1 Å². The van der Waals surface area contributed by atoms with E-state index in [4.69, 9.17) is 80.0 Å². The van der Waals surface area contributed by atoms with Crippen LogP contribution in [0.5, 0.6) is 0 Å². The van der Waals surface area contributed by atoms with E-state index in [0.29, 0.717) is 5.56 Å². The first kappa shape index (κ1) is 80.1. The van der Waals surface area contributed by atoms with Crippen molar-refractivity contribution < 1.29 is 206 Å². The van der Waals surface area contributed by atoms with Gasteiger partial charge in [0.05, 0.1) is 57.8 Å². The van der Waals surface area contributed by atoms with Gasteiger partial charge in [-0.05, 0) is 31.9 Å². The first-order valence-corrected chi connectivity index (χ1v) is 33.4. The molecule has 0 spiro atoms. The summed E-state index contributed by atoms with van der Waals surface area (Å²) in [5, 5.41) is 259. The molecule has 0 amide bonds. The summed E-state index contributed by atoms with van der Waals surface area (Å²) in [6.45, 7) is -4.38. The lowest BCUT2D eigenvalue weighted by Gasteiger charge is -2.50. The lowest BCUT2D eigenvalue weighted by molar-refractivity contribution is -0.404. The van der Waals surface area contributed by atoms with Gasteiger partial charge in [-0.1, -0.05) is 17.7 Å². The molecule has 42 nitrogen and oxygen atoms in total. The standard InChI is InChI=1S/C57H90O42S/c1-14-4-15(2)49(16(3)5-14)100(81,82)83-13-24-48-32(72)40(80)57(91-24)98-47-23(12-64)89-55(38(78)30(47)70)96-45-21(10-62)87-53(36(76)28(45)68)94-43-19(8-60)85-51(34(74)26(43)66)92-41-17(6-58)84-50(33(73)25(41)65)93-42-18(7-59)86-52(35(75)27(42)67)95-44-20(9-61)88-54(37(77)29(44)69)97-46-22(11-63)90-56(99-48)39(79)31(46)71/h4-5,17-48,50-80H,6-13H2,1-3H3/t17-,18-,19-,20-,21-,22-,23-,24-,25-,26-,27-,28-,29-,30-,31-,32-,33-,34-,35-,36-,37-,38-,39-,40-,41-,42-,43-,44-,45-,46-,47-,48-,50-,51?,52-,53-,54-,55-,56-,57-/m1/s1. The molecule has 30 fully saturated rings. The fourth-order valence-electron chi connectivity index (χ4n) is 13.7. The van der Waals surface area contributed by atoms with Crippen molar-refractivity contribution in [2.45, 2.75) is 271 Å². The molecule has 576 valence electrons. The maximum Gasteiger partial charge on any atom is 0.297 e. The van der Waals surface area contributed by atoms with Crippen LogP contribution in [0, 0.1) is 20.8 Å². The SMILES string of the molecule is Cc1cc(C)c(S(=O)(=O)OC[C@H]2O[C@@H]3O[C@H]4[C@H](O)[C@@H](O)[C@@H](O[C@H]5[C@H](O)[C@@H](O)[C@@H](O[C@H]6[C@H](O)[C@@H](O)C(O[C@H]7[C@H](O)[C@@H](O)[C@@H](O[C@H]8[C@H](O)[C@@H](O)[C@@H](O[C@H]9[C@H](O)[C@@H](O)[C@@H](O[C@H]%10[C@H](O)[C@@H](O)[C@@H](O[C@H]2[C@H](O)[C@H]3O)O[C@@H]%10CO)O[C@@H]9CO)O[C@@H]8CO)O[C@@H]7CO)O[C@@H]6CO)O[C@@H]5CO)O[C@@H]4CO)c(C)c1. The minimum Gasteiger partial charge on any atom is -0.394 e. The summed E-state index contributed by atoms with van der Waals surface area (Å²) in [4.78, 5) is -0.306. The van der Waals surface area contributed by atoms with Crippen LogP contribution >= 0.6 is 0 Å². The first-order valence-electron chi connectivity index (χ1n) is 32.0. The van der Waals surface area contributed by atoms with Gasteiger partial charge in [-0.3, -0.25) is 4.18 Å². The molecule has 31 rings (SSSR count). The average molecular weight is 1480 g/mol. The molecule has 30 heterocycles. The molecule has 0 aromatic heterocycles. The molecule has 100 heavy (non-hydrogen) atoms. The maximum atomic E-state index is 14.0. The van der Waals surface area contributed by atoms with Crippen LogP contribution in [0.15, 0.2) is 17.0 Å². The van der Waals surface area contributed by atoms with Gasteiger partial charge < -0.3 is 193 Å². The van der Waals surface area contributed by atoms with Crippen LogP contribution in [0.4, 0.5) is 0 Å².